The third-order valence-electron chi connectivity index (χ3n) is 5.35. The molecule has 5 aromatic rings. The molecule has 1 aliphatic rings. The van der Waals surface area contributed by atoms with Crippen molar-refractivity contribution in [1.29, 1.82) is 0 Å². The Labute approximate surface area is 183 Å². The second-order valence-corrected chi connectivity index (χ2v) is 7.37. The molecule has 0 saturated carbocycles. The zero-order valence-electron chi connectivity index (χ0n) is 17.1. The summed E-state index contributed by atoms with van der Waals surface area (Å²) in [5.41, 5.74) is 5.49. The lowest BCUT2D eigenvalue weighted by Crippen LogP contribution is -2.36. The van der Waals surface area contributed by atoms with Crippen molar-refractivity contribution in [1.82, 2.24) is 34.5 Å². The van der Waals surface area contributed by atoms with Gasteiger partial charge in [-0.25, -0.2) is 14.5 Å². The number of ether oxygens (including phenoxy) is 1. The number of rotatable bonds is 4. The molecule has 4 aromatic heterocycles. The molecule has 0 amide bonds. The van der Waals surface area contributed by atoms with Crippen LogP contribution in [0.3, 0.4) is 0 Å². The van der Waals surface area contributed by atoms with Crippen molar-refractivity contribution in [2.75, 3.05) is 36.5 Å². The molecule has 6 rings (SSSR count). The van der Waals surface area contributed by atoms with Gasteiger partial charge >= 0.3 is 0 Å². The molecule has 5 heterocycles. The quantitative estimate of drug-likeness (QED) is 0.465. The van der Waals surface area contributed by atoms with E-state index in [2.05, 4.69) is 52.4 Å². The summed E-state index contributed by atoms with van der Waals surface area (Å²) in [5, 5.41) is 7.83. The van der Waals surface area contributed by atoms with Crippen LogP contribution in [-0.2, 0) is 4.74 Å². The first-order valence-electron chi connectivity index (χ1n) is 10.3. The molecule has 1 saturated heterocycles. The molecule has 32 heavy (non-hydrogen) atoms. The summed E-state index contributed by atoms with van der Waals surface area (Å²) in [5.74, 6) is 0.493. The van der Waals surface area contributed by atoms with Gasteiger partial charge in [-0.15, -0.1) is 5.10 Å². The first kappa shape index (κ1) is 18.6. The van der Waals surface area contributed by atoms with Crippen LogP contribution in [0.1, 0.15) is 0 Å². The van der Waals surface area contributed by atoms with E-state index in [9.17, 15) is 0 Å². The highest BCUT2D eigenvalue weighted by atomic mass is 16.5. The number of aromatic nitrogens is 7. The van der Waals surface area contributed by atoms with Gasteiger partial charge in [-0.3, -0.25) is 9.97 Å². The minimum atomic E-state index is 0.493. The van der Waals surface area contributed by atoms with Crippen molar-refractivity contribution >= 4 is 34.1 Å². The van der Waals surface area contributed by atoms with Crippen LogP contribution < -0.4 is 10.2 Å². The number of benzene rings is 1. The van der Waals surface area contributed by atoms with E-state index >= 15 is 0 Å². The summed E-state index contributed by atoms with van der Waals surface area (Å²) in [6.07, 6.45) is 8.46. The Morgan fingerprint density at radius 3 is 2.62 bits per heavy atom. The van der Waals surface area contributed by atoms with Gasteiger partial charge in [0.15, 0.2) is 11.3 Å². The van der Waals surface area contributed by atoms with Gasteiger partial charge in [-0.1, -0.05) is 0 Å². The van der Waals surface area contributed by atoms with Crippen molar-refractivity contribution in [2.45, 2.75) is 0 Å². The van der Waals surface area contributed by atoms with Crippen LogP contribution in [0.5, 0.6) is 0 Å². The second-order valence-electron chi connectivity index (χ2n) is 7.37. The summed E-state index contributed by atoms with van der Waals surface area (Å²) < 4.78 is 7.13. The maximum Gasteiger partial charge on any atom is 0.247 e. The van der Waals surface area contributed by atoms with E-state index in [1.807, 2.05) is 18.2 Å². The Bertz CT molecular complexity index is 1390. The molecule has 158 valence electrons. The maximum atomic E-state index is 5.43. The lowest BCUT2D eigenvalue weighted by Gasteiger charge is -2.28. The number of hydrogen-bond donors (Lipinski definition) is 1. The largest absolute Gasteiger partial charge is 0.378 e. The van der Waals surface area contributed by atoms with Crippen molar-refractivity contribution in [3.8, 4) is 11.3 Å². The van der Waals surface area contributed by atoms with Gasteiger partial charge in [-0.2, -0.15) is 4.98 Å². The first-order chi connectivity index (χ1) is 15.8. The van der Waals surface area contributed by atoms with E-state index in [0.29, 0.717) is 28.5 Å². The molecule has 0 atom stereocenters. The van der Waals surface area contributed by atoms with Gasteiger partial charge in [0.2, 0.25) is 5.95 Å². The van der Waals surface area contributed by atoms with E-state index in [1.165, 1.54) is 5.69 Å². The molecule has 0 radical (unpaired) electrons. The summed E-state index contributed by atoms with van der Waals surface area (Å²) in [6, 6.07) is 10.2. The predicted molar refractivity (Wildman–Crippen MR) is 120 cm³/mol. The van der Waals surface area contributed by atoms with E-state index in [0.717, 1.165) is 37.6 Å². The minimum Gasteiger partial charge on any atom is -0.378 e. The lowest BCUT2D eigenvalue weighted by molar-refractivity contribution is 0.122. The molecule has 1 aliphatic heterocycles. The smallest absolute Gasteiger partial charge is 0.247 e. The number of pyridine rings is 1. The average molecular weight is 425 g/mol. The molecule has 1 fully saturated rings. The SMILES string of the molecule is c1cn2nc(Nc3ccc(N4CCOCC4)cc3)nc2c(-c2cnc3nccnc3c2)n1. The summed E-state index contributed by atoms with van der Waals surface area (Å²) in [7, 11) is 0. The number of nitrogens with zero attached hydrogens (tertiary/aromatic N) is 8. The van der Waals surface area contributed by atoms with Gasteiger partial charge in [0, 0.05) is 61.0 Å². The number of anilines is 3. The Kier molecular flexibility index (Phi) is 4.54. The monoisotopic (exact) mass is 425 g/mol. The van der Waals surface area contributed by atoms with Gasteiger partial charge in [0.05, 0.1) is 13.2 Å². The van der Waals surface area contributed by atoms with Crippen LogP contribution in [0.25, 0.3) is 28.1 Å². The number of morpholine rings is 1. The number of hydrogen-bond acceptors (Lipinski definition) is 9. The number of fused-ring (bicyclic) bond motifs is 2. The van der Waals surface area contributed by atoms with Crippen LogP contribution in [-0.4, -0.2) is 60.8 Å². The molecule has 0 bridgehead atoms. The van der Waals surface area contributed by atoms with Gasteiger partial charge in [0.1, 0.15) is 11.2 Å². The minimum absolute atomic E-state index is 0.493. The van der Waals surface area contributed by atoms with Gasteiger partial charge in [0.25, 0.3) is 0 Å². The Morgan fingerprint density at radius 1 is 0.906 bits per heavy atom. The van der Waals surface area contributed by atoms with Crippen LogP contribution in [0.15, 0.2) is 61.3 Å². The molecule has 1 N–H and O–H groups in total. The molecule has 0 spiro atoms. The first-order valence-corrected chi connectivity index (χ1v) is 10.3. The van der Waals surface area contributed by atoms with Crippen molar-refractivity contribution in [3.63, 3.8) is 0 Å². The Morgan fingerprint density at radius 2 is 1.75 bits per heavy atom. The Balaban J connectivity index is 1.29. The third kappa shape index (κ3) is 3.46. The fourth-order valence-corrected chi connectivity index (χ4v) is 3.77. The molecule has 1 aromatic carbocycles. The molecule has 0 unspecified atom stereocenters. The summed E-state index contributed by atoms with van der Waals surface area (Å²) in [6.45, 7) is 3.35. The molecule has 0 aliphatic carbocycles. The average Bonchev–Trinajstić information content (AvgIpc) is 3.27. The van der Waals surface area contributed by atoms with Crippen LogP contribution in [0.4, 0.5) is 17.3 Å². The van der Waals surface area contributed by atoms with Crippen molar-refractivity contribution < 1.29 is 4.74 Å². The molecule has 10 heteroatoms. The van der Waals surface area contributed by atoms with E-state index in [1.54, 1.807) is 35.5 Å². The fraction of sp³-hybridized carbons (Fsp3) is 0.182. The normalized spacial score (nSPS) is 14.2. The summed E-state index contributed by atoms with van der Waals surface area (Å²) in [4.78, 5) is 24.4. The molecule has 10 nitrogen and oxygen atoms in total. The van der Waals surface area contributed by atoms with Crippen LogP contribution >= 0.6 is 0 Å². The van der Waals surface area contributed by atoms with Gasteiger partial charge in [-0.05, 0) is 30.3 Å². The molecular weight excluding hydrogens is 406 g/mol. The summed E-state index contributed by atoms with van der Waals surface area (Å²) >= 11 is 0. The standard InChI is InChI=1S/C22H19N9O/c1-3-17(30-9-11-32-12-10-30)4-2-16(1)27-22-28-21-19(24-7-8-31(21)29-22)15-13-18-20(26-14-15)25-6-5-23-18/h1-8,13-14H,9-12H2,(H,27,29). The van der Waals surface area contributed by atoms with Crippen molar-refractivity contribution in [2.24, 2.45) is 0 Å². The predicted octanol–water partition coefficient (Wildman–Crippen LogP) is 2.71. The fourth-order valence-electron chi connectivity index (χ4n) is 3.77. The van der Waals surface area contributed by atoms with Gasteiger partial charge < -0.3 is 15.0 Å². The Hall–Kier alpha value is -4.18. The second kappa shape index (κ2) is 7.82. The van der Waals surface area contributed by atoms with E-state index < -0.39 is 0 Å². The number of nitrogens with one attached hydrogen (secondary N) is 1. The molecular formula is C22H19N9O. The highest BCUT2D eigenvalue weighted by Crippen LogP contribution is 2.25. The van der Waals surface area contributed by atoms with Crippen LogP contribution in [0, 0.1) is 0 Å². The topological polar surface area (TPSA) is 106 Å². The third-order valence-corrected chi connectivity index (χ3v) is 5.35. The maximum absolute atomic E-state index is 5.43. The highest BCUT2D eigenvalue weighted by molar-refractivity contribution is 5.81. The van der Waals surface area contributed by atoms with Crippen molar-refractivity contribution in [3.05, 3.63) is 61.3 Å². The van der Waals surface area contributed by atoms with E-state index in [-0.39, 0.29) is 0 Å². The highest BCUT2D eigenvalue weighted by Gasteiger charge is 2.14. The lowest BCUT2D eigenvalue weighted by atomic mass is 10.2. The van der Waals surface area contributed by atoms with Crippen LogP contribution in [0.2, 0.25) is 0 Å². The zero-order chi connectivity index (χ0) is 21.3. The zero-order valence-corrected chi connectivity index (χ0v) is 17.1. The van der Waals surface area contributed by atoms with E-state index in [4.69, 9.17) is 4.74 Å².